The molecule has 2 aliphatic rings. The van der Waals surface area contributed by atoms with Crippen molar-refractivity contribution in [2.24, 2.45) is 11.8 Å². The van der Waals surface area contributed by atoms with Gasteiger partial charge in [0, 0.05) is 57.5 Å². The molecule has 0 aliphatic carbocycles. The number of urea groups is 1. The van der Waals surface area contributed by atoms with Gasteiger partial charge < -0.3 is 14.7 Å². The molecule has 3 aromatic rings. The summed E-state index contributed by atoms with van der Waals surface area (Å²) in [6, 6.07) is 13.4. The number of nitrogens with zero attached hydrogens (tertiary/aromatic N) is 5. The van der Waals surface area contributed by atoms with Gasteiger partial charge in [0.25, 0.3) is 5.91 Å². The minimum absolute atomic E-state index is 0.196. The van der Waals surface area contributed by atoms with E-state index in [2.05, 4.69) is 50.4 Å². The average molecular weight is 476 g/mol. The van der Waals surface area contributed by atoms with Crippen LogP contribution in [-0.4, -0.2) is 72.3 Å². The number of carbonyl (C=O) groups is 2. The molecule has 0 saturated carbocycles. The fourth-order valence-corrected chi connectivity index (χ4v) is 4.95. The zero-order valence-electron chi connectivity index (χ0n) is 19.8. The number of hydrogen-bond acceptors (Lipinski definition) is 7. The van der Waals surface area contributed by atoms with Gasteiger partial charge in [-0.05, 0) is 60.7 Å². The summed E-state index contributed by atoms with van der Waals surface area (Å²) in [6.07, 6.45) is 2.32. The highest BCUT2D eigenvalue weighted by atomic mass is 16.5. The first-order chi connectivity index (χ1) is 16.9. The summed E-state index contributed by atoms with van der Waals surface area (Å²) in [5, 5.41) is 12.6. The SMILES string of the molecule is CN(C)c1ccc2nc(N3CCC4CN(C(=O)Nc5ccc(C(=O)NO)cn5)CC4C3)ccc2c1. The number of amides is 3. The molecule has 0 bridgehead atoms. The maximum atomic E-state index is 12.8. The minimum atomic E-state index is -0.650. The predicted octanol–water partition coefficient (Wildman–Crippen LogP) is 2.81. The highest BCUT2D eigenvalue weighted by molar-refractivity contribution is 5.94. The predicted molar refractivity (Wildman–Crippen MR) is 134 cm³/mol. The zero-order valence-corrected chi connectivity index (χ0v) is 19.8. The standard InChI is InChI=1S/C25H29N7O3/c1-30(2)20-5-6-21-16(11-20)4-8-23(27-21)31-10-9-18-13-32(15-19(18)14-31)25(34)28-22-7-3-17(12-26-22)24(33)29-35/h3-8,11-12,18-19,35H,9-10,13-15H2,1-2H3,(H,29,33)(H,26,28,34). The van der Waals surface area contributed by atoms with Crippen molar-refractivity contribution in [3.63, 3.8) is 0 Å². The molecule has 1 aromatic carbocycles. The lowest BCUT2D eigenvalue weighted by Gasteiger charge is -2.35. The maximum Gasteiger partial charge on any atom is 0.323 e. The van der Waals surface area contributed by atoms with E-state index < -0.39 is 5.91 Å². The van der Waals surface area contributed by atoms with Crippen molar-refractivity contribution in [1.29, 1.82) is 0 Å². The van der Waals surface area contributed by atoms with Crippen LogP contribution in [0.1, 0.15) is 16.8 Å². The first kappa shape index (κ1) is 22.9. The number of hydrogen-bond donors (Lipinski definition) is 3. The Bertz CT molecular complexity index is 1250. The van der Waals surface area contributed by atoms with Crippen LogP contribution in [0.15, 0.2) is 48.7 Å². The van der Waals surface area contributed by atoms with Crippen LogP contribution in [0.2, 0.25) is 0 Å². The van der Waals surface area contributed by atoms with Gasteiger partial charge in [-0.25, -0.2) is 20.2 Å². The largest absolute Gasteiger partial charge is 0.378 e. The fourth-order valence-electron chi connectivity index (χ4n) is 4.95. The van der Waals surface area contributed by atoms with E-state index >= 15 is 0 Å². The van der Waals surface area contributed by atoms with E-state index in [1.807, 2.05) is 19.0 Å². The molecule has 10 nitrogen and oxygen atoms in total. The molecule has 5 rings (SSSR count). The van der Waals surface area contributed by atoms with E-state index in [4.69, 9.17) is 10.2 Å². The summed E-state index contributed by atoms with van der Waals surface area (Å²) < 4.78 is 0. The Balaban J connectivity index is 1.21. The summed E-state index contributed by atoms with van der Waals surface area (Å²) in [5.74, 6) is 1.53. The topological polar surface area (TPSA) is 114 Å². The minimum Gasteiger partial charge on any atom is -0.378 e. The number of hydroxylamine groups is 1. The van der Waals surface area contributed by atoms with Crippen molar-refractivity contribution >= 4 is 40.2 Å². The second-order valence-electron chi connectivity index (χ2n) is 9.40. The number of benzene rings is 1. The molecule has 2 fully saturated rings. The van der Waals surface area contributed by atoms with Crippen LogP contribution in [0.5, 0.6) is 0 Å². The Morgan fingerprint density at radius 1 is 1.06 bits per heavy atom. The zero-order chi connectivity index (χ0) is 24.5. The second-order valence-corrected chi connectivity index (χ2v) is 9.40. The van der Waals surface area contributed by atoms with Crippen LogP contribution in [0, 0.1) is 11.8 Å². The van der Waals surface area contributed by atoms with E-state index in [0.717, 1.165) is 41.9 Å². The first-order valence-corrected chi connectivity index (χ1v) is 11.7. The molecule has 0 radical (unpaired) electrons. The van der Waals surface area contributed by atoms with E-state index in [1.165, 1.54) is 12.3 Å². The van der Waals surface area contributed by atoms with E-state index in [9.17, 15) is 9.59 Å². The van der Waals surface area contributed by atoms with Crippen molar-refractivity contribution in [3.8, 4) is 0 Å². The molecule has 2 atom stereocenters. The molecule has 2 saturated heterocycles. The van der Waals surface area contributed by atoms with Crippen LogP contribution in [0.4, 0.5) is 22.1 Å². The number of anilines is 3. The van der Waals surface area contributed by atoms with E-state index in [0.29, 0.717) is 30.7 Å². The molecule has 0 spiro atoms. The highest BCUT2D eigenvalue weighted by Gasteiger charge is 2.39. The van der Waals surface area contributed by atoms with Gasteiger partial charge in [-0.3, -0.25) is 15.3 Å². The number of fused-ring (bicyclic) bond motifs is 2. The van der Waals surface area contributed by atoms with Crippen LogP contribution < -0.4 is 20.6 Å². The molecular formula is C25H29N7O3. The summed E-state index contributed by atoms with van der Waals surface area (Å²) >= 11 is 0. The molecule has 35 heavy (non-hydrogen) atoms. The number of aromatic nitrogens is 2. The van der Waals surface area contributed by atoms with Gasteiger partial charge in [0.1, 0.15) is 11.6 Å². The van der Waals surface area contributed by atoms with E-state index in [1.54, 1.807) is 11.5 Å². The third kappa shape index (κ3) is 4.69. The lowest BCUT2D eigenvalue weighted by atomic mass is 9.89. The van der Waals surface area contributed by atoms with Crippen molar-refractivity contribution in [1.82, 2.24) is 20.3 Å². The Morgan fingerprint density at radius 2 is 1.89 bits per heavy atom. The average Bonchev–Trinajstić information content (AvgIpc) is 3.32. The molecular weight excluding hydrogens is 446 g/mol. The molecule has 2 unspecified atom stereocenters. The number of carbonyl (C=O) groups excluding carboxylic acids is 2. The smallest absolute Gasteiger partial charge is 0.323 e. The van der Waals surface area contributed by atoms with Crippen molar-refractivity contribution < 1.29 is 14.8 Å². The van der Waals surface area contributed by atoms with Gasteiger partial charge >= 0.3 is 6.03 Å². The number of piperidine rings is 1. The molecule has 2 aromatic heterocycles. The quantitative estimate of drug-likeness (QED) is 0.393. The van der Waals surface area contributed by atoms with Gasteiger partial charge in [0.05, 0.1) is 11.1 Å². The Morgan fingerprint density at radius 3 is 2.63 bits per heavy atom. The van der Waals surface area contributed by atoms with Gasteiger partial charge in [-0.1, -0.05) is 0 Å². The van der Waals surface area contributed by atoms with Gasteiger partial charge in [-0.15, -0.1) is 0 Å². The molecule has 3 N–H and O–H groups in total. The third-order valence-electron chi connectivity index (χ3n) is 6.95. The molecule has 3 amide bonds. The Labute approximate surface area is 203 Å². The Kier molecular flexibility index (Phi) is 6.12. The van der Waals surface area contributed by atoms with E-state index in [-0.39, 0.29) is 11.6 Å². The van der Waals surface area contributed by atoms with Crippen LogP contribution >= 0.6 is 0 Å². The third-order valence-corrected chi connectivity index (χ3v) is 6.95. The second kappa shape index (κ2) is 9.38. The van der Waals surface area contributed by atoms with Gasteiger partial charge in [0.2, 0.25) is 0 Å². The van der Waals surface area contributed by atoms with Crippen LogP contribution in [-0.2, 0) is 0 Å². The molecule has 4 heterocycles. The maximum absolute atomic E-state index is 12.8. The fraction of sp³-hybridized carbons (Fsp3) is 0.360. The lowest BCUT2D eigenvalue weighted by molar-refractivity contribution is 0.0706. The summed E-state index contributed by atoms with van der Waals surface area (Å²) in [4.78, 5) is 39.5. The van der Waals surface area contributed by atoms with Crippen LogP contribution in [0.25, 0.3) is 10.9 Å². The summed E-state index contributed by atoms with van der Waals surface area (Å²) in [7, 11) is 4.06. The molecule has 182 valence electrons. The lowest BCUT2D eigenvalue weighted by Crippen LogP contribution is -2.40. The van der Waals surface area contributed by atoms with Crippen LogP contribution in [0.3, 0.4) is 0 Å². The van der Waals surface area contributed by atoms with Gasteiger partial charge in [0.15, 0.2) is 0 Å². The van der Waals surface area contributed by atoms with Crippen molar-refractivity contribution in [2.45, 2.75) is 6.42 Å². The summed E-state index contributed by atoms with van der Waals surface area (Å²) in [5.41, 5.74) is 3.90. The van der Waals surface area contributed by atoms with Crippen molar-refractivity contribution in [3.05, 3.63) is 54.2 Å². The monoisotopic (exact) mass is 475 g/mol. The molecule has 2 aliphatic heterocycles. The van der Waals surface area contributed by atoms with Crippen molar-refractivity contribution in [2.75, 3.05) is 55.4 Å². The summed E-state index contributed by atoms with van der Waals surface area (Å²) in [6.45, 7) is 3.18. The number of nitrogens with one attached hydrogen (secondary N) is 2. The number of likely N-dealkylation sites (tertiary alicyclic amines) is 1. The Hall–Kier alpha value is -3.92. The first-order valence-electron chi connectivity index (χ1n) is 11.7. The highest BCUT2D eigenvalue weighted by Crippen LogP contribution is 2.34. The number of pyridine rings is 2. The number of rotatable bonds is 4. The normalized spacial score (nSPS) is 19.4. The van der Waals surface area contributed by atoms with Gasteiger partial charge in [-0.2, -0.15) is 0 Å². The molecule has 10 heteroatoms.